The second-order valence-corrected chi connectivity index (χ2v) is 19.0. The van der Waals surface area contributed by atoms with Gasteiger partial charge in [0, 0.05) is 6.42 Å². The van der Waals surface area contributed by atoms with Crippen LogP contribution >= 0.6 is 0 Å². The van der Waals surface area contributed by atoms with Crippen molar-refractivity contribution < 1.29 is 64.6 Å². The molecule has 0 aromatic carbocycles. The number of carbonyl (C=O) groups is 1. The molecule has 12 atom stereocenters. The van der Waals surface area contributed by atoms with E-state index in [1.807, 2.05) is 6.08 Å². The second-order valence-electron chi connectivity index (χ2n) is 19.0. The standard InChI is InChI=1S/C53H97NO13/c1-3-5-7-9-11-13-15-17-18-19-20-21-22-23-24-25-26-28-30-32-34-36-42(57)41(54-45(58)37-35-33-31-29-27-16-14-12-10-8-6-4-2)40-64-52-50(63)48(61)51(44(39-56)66-52)67-53-49(62)47(60)46(59)43(38-55)65-53/h22-23,26,28,34,36,41-44,46-53,55-57,59-63H,3-21,24-25,27,29-33,35,37-40H2,1-2H3,(H,54,58)/b23-22+,28-26+,36-34+. The molecule has 2 fully saturated rings. The van der Waals surface area contributed by atoms with E-state index in [0.29, 0.717) is 12.8 Å². The molecule has 2 aliphatic heterocycles. The van der Waals surface area contributed by atoms with Crippen LogP contribution in [0, 0.1) is 0 Å². The van der Waals surface area contributed by atoms with E-state index in [0.717, 1.165) is 44.9 Å². The molecule has 0 spiro atoms. The van der Waals surface area contributed by atoms with Gasteiger partial charge in [0.05, 0.1) is 32.0 Å². The van der Waals surface area contributed by atoms with Crippen molar-refractivity contribution >= 4 is 5.91 Å². The molecule has 9 N–H and O–H groups in total. The summed E-state index contributed by atoms with van der Waals surface area (Å²) in [6, 6.07) is -0.933. The molecule has 0 bridgehead atoms. The number of rotatable bonds is 41. The molecular weight excluding hydrogens is 859 g/mol. The van der Waals surface area contributed by atoms with E-state index < -0.39 is 86.8 Å². The SMILES string of the molecule is CCCCCCCCCCCCC/C=C/CC/C=C/CC/C=C/C(O)C(COC1OC(CO)C(OC2OC(CO)C(O)C(O)C2O)C(O)C1O)NC(=O)CCCCCCCCCCCCCC. The number of unbranched alkanes of at least 4 members (excludes halogenated alkanes) is 24. The number of carbonyl (C=O) groups excluding carboxylic acids is 1. The normalized spacial score (nSPS) is 26.8. The number of nitrogens with one attached hydrogen (secondary N) is 1. The Balaban J connectivity index is 1.84. The Hall–Kier alpha value is -1.79. The largest absolute Gasteiger partial charge is 0.394 e. The topological polar surface area (TPSA) is 228 Å². The van der Waals surface area contributed by atoms with E-state index in [9.17, 15) is 45.6 Å². The fourth-order valence-corrected chi connectivity index (χ4v) is 8.68. The fourth-order valence-electron chi connectivity index (χ4n) is 8.68. The van der Waals surface area contributed by atoms with E-state index in [1.165, 1.54) is 122 Å². The van der Waals surface area contributed by atoms with E-state index in [-0.39, 0.29) is 18.9 Å². The van der Waals surface area contributed by atoms with Gasteiger partial charge < -0.3 is 65.1 Å². The number of aliphatic hydroxyl groups is 8. The van der Waals surface area contributed by atoms with Gasteiger partial charge in [0.15, 0.2) is 12.6 Å². The summed E-state index contributed by atoms with van der Waals surface area (Å²) in [6.45, 7) is 2.75. The zero-order chi connectivity index (χ0) is 48.9. The van der Waals surface area contributed by atoms with Gasteiger partial charge in [0.2, 0.25) is 5.91 Å². The lowest BCUT2D eigenvalue weighted by Gasteiger charge is -2.46. The third kappa shape index (κ3) is 26.8. The van der Waals surface area contributed by atoms with Crippen molar-refractivity contribution in [3.8, 4) is 0 Å². The van der Waals surface area contributed by atoms with Gasteiger partial charge in [-0.3, -0.25) is 4.79 Å². The first-order valence-corrected chi connectivity index (χ1v) is 26.7. The van der Waals surface area contributed by atoms with Crippen LogP contribution in [-0.2, 0) is 23.7 Å². The van der Waals surface area contributed by atoms with E-state index in [4.69, 9.17) is 18.9 Å². The average molecular weight is 956 g/mol. The summed E-state index contributed by atoms with van der Waals surface area (Å²) in [5, 5.41) is 86.7. The van der Waals surface area contributed by atoms with Crippen LogP contribution in [0.25, 0.3) is 0 Å². The van der Waals surface area contributed by atoms with Crippen molar-refractivity contribution in [2.45, 2.75) is 274 Å². The van der Waals surface area contributed by atoms with Crippen molar-refractivity contribution in [2.24, 2.45) is 0 Å². The zero-order valence-corrected chi connectivity index (χ0v) is 41.6. The predicted molar refractivity (Wildman–Crippen MR) is 263 cm³/mol. The molecule has 2 rings (SSSR count). The van der Waals surface area contributed by atoms with Gasteiger partial charge in [-0.2, -0.15) is 0 Å². The molecule has 0 aromatic rings. The molecule has 1 amide bonds. The summed E-state index contributed by atoms with van der Waals surface area (Å²) < 4.78 is 22.7. The molecule has 67 heavy (non-hydrogen) atoms. The monoisotopic (exact) mass is 956 g/mol. The summed E-state index contributed by atoms with van der Waals surface area (Å²) in [4.78, 5) is 13.2. The minimum Gasteiger partial charge on any atom is -0.394 e. The Morgan fingerprint density at radius 1 is 0.522 bits per heavy atom. The van der Waals surface area contributed by atoms with Gasteiger partial charge in [0.1, 0.15) is 48.8 Å². The minimum atomic E-state index is -1.79. The quantitative estimate of drug-likeness (QED) is 0.0214. The molecule has 0 aromatic heterocycles. The van der Waals surface area contributed by atoms with E-state index in [1.54, 1.807) is 6.08 Å². The number of hydrogen-bond donors (Lipinski definition) is 9. The van der Waals surface area contributed by atoms with Crippen molar-refractivity contribution in [1.29, 1.82) is 0 Å². The third-order valence-corrected chi connectivity index (χ3v) is 13.1. The number of amides is 1. The number of aliphatic hydroxyl groups excluding tert-OH is 8. The molecule has 392 valence electrons. The third-order valence-electron chi connectivity index (χ3n) is 13.1. The van der Waals surface area contributed by atoms with Crippen LogP contribution < -0.4 is 5.32 Å². The predicted octanol–water partition coefficient (Wildman–Crippen LogP) is 7.49. The van der Waals surface area contributed by atoms with Crippen LogP contribution in [0.2, 0.25) is 0 Å². The molecule has 12 unspecified atom stereocenters. The Kier molecular flexibility index (Phi) is 36.5. The Labute approximate surface area is 404 Å². The van der Waals surface area contributed by atoms with E-state index in [2.05, 4.69) is 43.5 Å². The van der Waals surface area contributed by atoms with Gasteiger partial charge in [0.25, 0.3) is 0 Å². The van der Waals surface area contributed by atoms with Gasteiger partial charge in [-0.1, -0.05) is 185 Å². The first-order chi connectivity index (χ1) is 32.6. The van der Waals surface area contributed by atoms with Gasteiger partial charge >= 0.3 is 0 Å². The number of ether oxygens (including phenoxy) is 4. The summed E-state index contributed by atoms with van der Waals surface area (Å²) in [5.74, 6) is -0.254. The average Bonchev–Trinajstić information content (AvgIpc) is 3.32. The summed E-state index contributed by atoms with van der Waals surface area (Å²) in [5.41, 5.74) is 0. The molecule has 2 saturated heterocycles. The second kappa shape index (κ2) is 39.9. The summed E-state index contributed by atoms with van der Waals surface area (Å²) in [7, 11) is 0. The molecule has 2 heterocycles. The Morgan fingerprint density at radius 3 is 1.46 bits per heavy atom. The highest BCUT2D eigenvalue weighted by molar-refractivity contribution is 5.76. The Bertz CT molecular complexity index is 1270. The molecule has 14 heteroatoms. The lowest BCUT2D eigenvalue weighted by Crippen LogP contribution is -2.65. The fraction of sp³-hybridized carbons (Fsp3) is 0.868. The number of hydrogen-bond acceptors (Lipinski definition) is 13. The van der Waals surface area contributed by atoms with Crippen LogP contribution in [0.4, 0.5) is 0 Å². The lowest BCUT2D eigenvalue weighted by molar-refractivity contribution is -0.359. The molecular formula is C53H97NO13. The summed E-state index contributed by atoms with van der Waals surface area (Å²) in [6.07, 6.45) is 29.0. The van der Waals surface area contributed by atoms with Gasteiger partial charge in [-0.25, -0.2) is 0 Å². The highest BCUT2D eigenvalue weighted by Gasteiger charge is 2.51. The highest BCUT2D eigenvalue weighted by atomic mass is 16.7. The van der Waals surface area contributed by atoms with Crippen LogP contribution in [0.3, 0.4) is 0 Å². The highest BCUT2D eigenvalue weighted by Crippen LogP contribution is 2.30. The molecule has 0 aliphatic carbocycles. The Morgan fingerprint density at radius 2 is 0.955 bits per heavy atom. The molecule has 2 aliphatic rings. The molecule has 0 radical (unpaired) electrons. The van der Waals surface area contributed by atoms with Crippen LogP contribution in [-0.4, -0.2) is 140 Å². The van der Waals surface area contributed by atoms with Crippen LogP contribution in [0.1, 0.15) is 200 Å². The molecule has 14 nitrogen and oxygen atoms in total. The first kappa shape index (κ1) is 61.3. The maximum atomic E-state index is 13.2. The minimum absolute atomic E-state index is 0.254. The van der Waals surface area contributed by atoms with Gasteiger partial charge in [-0.15, -0.1) is 0 Å². The first-order valence-electron chi connectivity index (χ1n) is 26.7. The summed E-state index contributed by atoms with van der Waals surface area (Å²) >= 11 is 0. The van der Waals surface area contributed by atoms with E-state index >= 15 is 0 Å². The van der Waals surface area contributed by atoms with Crippen molar-refractivity contribution in [3.63, 3.8) is 0 Å². The van der Waals surface area contributed by atoms with Crippen LogP contribution in [0.5, 0.6) is 0 Å². The van der Waals surface area contributed by atoms with Crippen LogP contribution in [0.15, 0.2) is 36.5 Å². The maximum absolute atomic E-state index is 13.2. The zero-order valence-electron chi connectivity index (χ0n) is 41.6. The number of allylic oxidation sites excluding steroid dienone is 5. The molecule has 0 saturated carbocycles. The van der Waals surface area contributed by atoms with Crippen molar-refractivity contribution in [3.05, 3.63) is 36.5 Å². The van der Waals surface area contributed by atoms with Crippen molar-refractivity contribution in [1.82, 2.24) is 5.32 Å². The van der Waals surface area contributed by atoms with Crippen molar-refractivity contribution in [2.75, 3.05) is 19.8 Å². The smallest absolute Gasteiger partial charge is 0.220 e. The maximum Gasteiger partial charge on any atom is 0.220 e. The van der Waals surface area contributed by atoms with Gasteiger partial charge in [-0.05, 0) is 44.9 Å². The lowest BCUT2D eigenvalue weighted by atomic mass is 9.97.